The van der Waals surface area contributed by atoms with Crippen LogP contribution in [0.3, 0.4) is 0 Å². The van der Waals surface area contributed by atoms with E-state index in [2.05, 4.69) is 9.26 Å². The zero-order valence-electron chi connectivity index (χ0n) is 12.0. The molecule has 1 aliphatic heterocycles. The highest BCUT2D eigenvalue weighted by atomic mass is 31.2. The molecule has 0 saturated carbocycles. The number of pyridine rings is 1. The molecule has 2 heterocycles. The number of aliphatic hydroxyl groups is 2. The number of hydrogen-bond donors (Lipinski definition) is 3. The van der Waals surface area contributed by atoms with Gasteiger partial charge in [-0.05, 0) is 6.07 Å². The lowest BCUT2D eigenvalue weighted by Gasteiger charge is -2.19. The van der Waals surface area contributed by atoms with Crippen molar-refractivity contribution < 1.29 is 47.9 Å². The van der Waals surface area contributed by atoms with Gasteiger partial charge in [0.15, 0.2) is 18.5 Å². The van der Waals surface area contributed by atoms with Crippen LogP contribution >= 0.6 is 7.82 Å². The van der Waals surface area contributed by atoms with Crippen LogP contribution in [0.5, 0.6) is 0 Å². The number of methoxy groups -OCH3 is 1. The summed E-state index contributed by atoms with van der Waals surface area (Å²) in [7, 11) is -3.76. The third kappa shape index (κ3) is 4.33. The van der Waals surface area contributed by atoms with Gasteiger partial charge in [-0.25, -0.2) is 4.79 Å². The molecule has 0 amide bonds. The molecular formula is C12H16NO9P. The molecule has 23 heavy (non-hydrogen) atoms. The van der Waals surface area contributed by atoms with E-state index in [4.69, 9.17) is 9.63 Å². The van der Waals surface area contributed by atoms with Crippen molar-refractivity contribution in [1.82, 2.24) is 0 Å². The summed E-state index contributed by atoms with van der Waals surface area (Å²) in [5.41, 5.74) is 0.194. The molecular weight excluding hydrogens is 333 g/mol. The fourth-order valence-corrected chi connectivity index (χ4v) is 2.51. The maximum absolute atomic E-state index is 11.5. The average molecular weight is 349 g/mol. The van der Waals surface area contributed by atoms with Crippen molar-refractivity contribution in [3.05, 3.63) is 30.1 Å². The molecule has 0 radical (unpaired) electrons. The highest BCUT2D eigenvalue weighted by molar-refractivity contribution is 7.44. The molecule has 1 aliphatic rings. The summed E-state index contributed by atoms with van der Waals surface area (Å²) in [5, 5.41) is 19.9. The molecule has 2 unspecified atom stereocenters. The number of esters is 1. The van der Waals surface area contributed by atoms with Crippen LogP contribution in [-0.2, 0) is 18.6 Å². The van der Waals surface area contributed by atoms with Gasteiger partial charge in [0.2, 0.25) is 0 Å². The predicted molar refractivity (Wildman–Crippen MR) is 69.7 cm³/mol. The molecule has 0 aliphatic carbocycles. The zero-order valence-corrected chi connectivity index (χ0v) is 12.9. The molecule has 3 N–H and O–H groups in total. The van der Waals surface area contributed by atoms with Crippen LogP contribution in [0.2, 0.25) is 0 Å². The maximum atomic E-state index is 11.5. The number of phosphoric ester groups is 1. The first-order chi connectivity index (χ1) is 10.7. The van der Waals surface area contributed by atoms with Crippen molar-refractivity contribution in [2.75, 3.05) is 13.7 Å². The van der Waals surface area contributed by atoms with E-state index in [1.807, 2.05) is 0 Å². The lowest BCUT2D eigenvalue weighted by atomic mass is 10.1. The highest BCUT2D eigenvalue weighted by Crippen LogP contribution is 2.33. The first-order valence-electron chi connectivity index (χ1n) is 6.52. The minimum atomic E-state index is -4.97. The van der Waals surface area contributed by atoms with Crippen molar-refractivity contribution in [1.29, 1.82) is 0 Å². The number of aromatic nitrogens is 1. The van der Waals surface area contributed by atoms with Gasteiger partial charge in [0.05, 0.1) is 13.7 Å². The molecule has 5 atom stereocenters. The zero-order chi connectivity index (χ0) is 17.2. The number of hydrogen-bond acceptors (Lipinski definition) is 8. The highest BCUT2D eigenvalue weighted by Gasteiger charge is 2.48. The number of nitrogens with zero attached hydrogens (tertiary/aromatic N) is 1. The SMILES string of the molecule is COC(=O)c1ccc[n+]([C@@H]2O[C@H](COP(=O)([O-])O)C(O)[C@@H]2O)c1. The lowest BCUT2D eigenvalue weighted by Crippen LogP contribution is -2.46. The number of ether oxygens (including phenoxy) is 2. The summed E-state index contributed by atoms with van der Waals surface area (Å²) in [4.78, 5) is 30.6. The maximum Gasteiger partial charge on any atom is 0.343 e. The van der Waals surface area contributed by atoms with Gasteiger partial charge in [-0.2, -0.15) is 4.57 Å². The van der Waals surface area contributed by atoms with Gasteiger partial charge < -0.3 is 34.0 Å². The van der Waals surface area contributed by atoms with Gasteiger partial charge >= 0.3 is 5.97 Å². The standard InChI is InChI=1S/C12H16NO9P/c1-20-12(16)7-3-2-4-13(5-7)11-10(15)9(14)8(22-11)6-21-23(17,18)19/h2-5,8-11,14-15H,6H2,1H3,(H-,17,18,19)/t8-,9?,10+,11-/m1/s1. The minimum absolute atomic E-state index is 0.194. The van der Waals surface area contributed by atoms with Crippen LogP contribution in [0.4, 0.5) is 0 Å². The van der Waals surface area contributed by atoms with Crippen LogP contribution in [0.1, 0.15) is 16.6 Å². The average Bonchev–Trinajstić information content (AvgIpc) is 2.79. The second kappa shape index (κ2) is 7.02. The molecule has 1 aromatic rings. The second-order valence-electron chi connectivity index (χ2n) is 4.84. The fraction of sp³-hybridized carbons (Fsp3) is 0.500. The normalized spacial score (nSPS) is 30.0. The van der Waals surface area contributed by atoms with Gasteiger partial charge in [0.25, 0.3) is 14.1 Å². The van der Waals surface area contributed by atoms with Crippen molar-refractivity contribution in [2.45, 2.75) is 24.5 Å². The Hall–Kier alpha value is -1.39. The van der Waals surface area contributed by atoms with E-state index in [0.717, 1.165) is 0 Å². The van der Waals surface area contributed by atoms with Gasteiger partial charge in [-0.15, -0.1) is 0 Å². The number of aliphatic hydroxyl groups excluding tert-OH is 2. The second-order valence-corrected chi connectivity index (χ2v) is 6.04. The van der Waals surface area contributed by atoms with Crippen molar-refractivity contribution in [3.8, 4) is 0 Å². The third-order valence-electron chi connectivity index (χ3n) is 3.28. The van der Waals surface area contributed by atoms with E-state index in [0.29, 0.717) is 0 Å². The quantitative estimate of drug-likeness (QED) is 0.307. The number of carbonyl (C=O) groups excluding carboxylic acids is 1. The summed E-state index contributed by atoms with van der Waals surface area (Å²) in [6.45, 7) is -0.663. The molecule has 1 fully saturated rings. The van der Waals surface area contributed by atoms with Gasteiger partial charge in [0, 0.05) is 6.07 Å². The van der Waals surface area contributed by atoms with E-state index >= 15 is 0 Å². The van der Waals surface area contributed by atoms with E-state index in [1.54, 1.807) is 0 Å². The van der Waals surface area contributed by atoms with Crippen molar-refractivity contribution in [3.63, 3.8) is 0 Å². The van der Waals surface area contributed by atoms with Crippen LogP contribution in [0.15, 0.2) is 24.5 Å². The first-order valence-corrected chi connectivity index (χ1v) is 8.01. The Morgan fingerprint density at radius 3 is 2.78 bits per heavy atom. The van der Waals surface area contributed by atoms with Crippen LogP contribution in [0, 0.1) is 0 Å². The third-order valence-corrected chi connectivity index (χ3v) is 3.75. The van der Waals surface area contributed by atoms with E-state index in [-0.39, 0.29) is 5.56 Å². The first kappa shape index (κ1) is 18.0. The van der Waals surface area contributed by atoms with E-state index in [1.165, 1.54) is 36.2 Å². The Labute approximate surface area is 131 Å². The van der Waals surface area contributed by atoms with E-state index < -0.39 is 44.9 Å². The molecule has 11 heteroatoms. The topological polar surface area (TPSA) is 149 Å². The molecule has 128 valence electrons. The molecule has 1 saturated heterocycles. The fourth-order valence-electron chi connectivity index (χ4n) is 2.17. The monoisotopic (exact) mass is 349 g/mol. The summed E-state index contributed by atoms with van der Waals surface area (Å²) >= 11 is 0. The van der Waals surface area contributed by atoms with Crippen molar-refractivity contribution >= 4 is 13.8 Å². The molecule has 2 rings (SSSR count). The summed E-state index contributed by atoms with van der Waals surface area (Å²) < 4.78 is 26.0. The summed E-state index contributed by atoms with van der Waals surface area (Å²) in [5.74, 6) is -0.597. The van der Waals surface area contributed by atoms with Crippen LogP contribution in [0.25, 0.3) is 0 Å². The summed E-state index contributed by atoms with van der Waals surface area (Å²) in [6, 6.07) is 3.00. The predicted octanol–water partition coefficient (Wildman–Crippen LogP) is -2.14. The summed E-state index contributed by atoms with van der Waals surface area (Å²) in [6.07, 6.45) is -2.26. The van der Waals surface area contributed by atoms with Gasteiger partial charge in [-0.1, -0.05) is 0 Å². The number of carbonyl (C=O) groups is 1. The molecule has 0 bridgehead atoms. The van der Waals surface area contributed by atoms with Crippen LogP contribution in [-0.4, -0.2) is 53.1 Å². The Bertz CT molecular complexity index is 618. The Balaban J connectivity index is 2.14. The molecule has 0 spiro atoms. The number of phosphoric acid groups is 1. The Kier molecular flexibility index (Phi) is 5.48. The van der Waals surface area contributed by atoms with Gasteiger partial charge in [0.1, 0.15) is 17.8 Å². The Morgan fingerprint density at radius 2 is 2.17 bits per heavy atom. The minimum Gasteiger partial charge on any atom is -0.756 e. The smallest absolute Gasteiger partial charge is 0.343 e. The molecule has 10 nitrogen and oxygen atoms in total. The largest absolute Gasteiger partial charge is 0.756 e. The van der Waals surface area contributed by atoms with E-state index in [9.17, 15) is 24.5 Å². The molecule has 0 aromatic carbocycles. The van der Waals surface area contributed by atoms with Crippen LogP contribution < -0.4 is 9.46 Å². The number of rotatable bonds is 5. The van der Waals surface area contributed by atoms with Gasteiger partial charge in [-0.3, -0.25) is 4.57 Å². The molecule has 1 aromatic heterocycles. The lowest BCUT2D eigenvalue weighted by molar-refractivity contribution is -0.765. The Morgan fingerprint density at radius 1 is 1.48 bits per heavy atom. The van der Waals surface area contributed by atoms with Crippen molar-refractivity contribution in [2.24, 2.45) is 0 Å².